The topological polar surface area (TPSA) is 72.5 Å². The number of hydrogen-bond donors (Lipinski definition) is 2. The molecular formula is C19H21F2N3O3. The molecule has 1 aromatic carbocycles. The number of halogens is 2. The van der Waals surface area contributed by atoms with E-state index >= 15 is 0 Å². The van der Waals surface area contributed by atoms with Crippen molar-refractivity contribution in [2.75, 3.05) is 13.2 Å². The summed E-state index contributed by atoms with van der Waals surface area (Å²) in [6.45, 7) is 2.22. The molecule has 1 atom stereocenters. The zero-order valence-corrected chi connectivity index (χ0v) is 14.9. The quantitative estimate of drug-likeness (QED) is 0.776. The number of benzene rings is 1. The minimum absolute atomic E-state index is 0.199. The third kappa shape index (κ3) is 5.37. The fourth-order valence-electron chi connectivity index (χ4n) is 2.72. The van der Waals surface area contributed by atoms with E-state index in [4.69, 9.17) is 9.47 Å². The van der Waals surface area contributed by atoms with Gasteiger partial charge >= 0.3 is 0 Å². The summed E-state index contributed by atoms with van der Waals surface area (Å²) >= 11 is 0. The molecule has 1 aliphatic heterocycles. The SMILES string of the molecule is CCOc1ccc(Oc2cc(CNC(=O)C3CC(F)(F)CN3)ccn2)cc1. The highest BCUT2D eigenvalue weighted by molar-refractivity contribution is 5.82. The maximum atomic E-state index is 13.2. The summed E-state index contributed by atoms with van der Waals surface area (Å²) < 4.78 is 37.4. The van der Waals surface area contributed by atoms with Gasteiger partial charge in [0, 0.05) is 25.2 Å². The molecule has 8 heteroatoms. The number of ether oxygens (including phenoxy) is 2. The van der Waals surface area contributed by atoms with Crippen molar-refractivity contribution < 1.29 is 23.0 Å². The highest BCUT2D eigenvalue weighted by atomic mass is 19.3. The second-order valence-corrected chi connectivity index (χ2v) is 6.22. The second kappa shape index (κ2) is 8.30. The molecule has 1 unspecified atom stereocenters. The van der Waals surface area contributed by atoms with Crippen LogP contribution in [0.4, 0.5) is 8.78 Å². The number of nitrogens with one attached hydrogen (secondary N) is 2. The van der Waals surface area contributed by atoms with Gasteiger partial charge in [0.25, 0.3) is 5.92 Å². The van der Waals surface area contributed by atoms with Gasteiger partial charge in [0.15, 0.2) is 0 Å². The molecule has 2 heterocycles. The average molecular weight is 377 g/mol. The normalized spacial score (nSPS) is 18.1. The number of carbonyl (C=O) groups excluding carboxylic acids is 1. The molecule has 1 saturated heterocycles. The van der Waals surface area contributed by atoms with Crippen LogP contribution in [0.5, 0.6) is 17.4 Å². The van der Waals surface area contributed by atoms with Gasteiger partial charge in [-0.15, -0.1) is 0 Å². The van der Waals surface area contributed by atoms with E-state index in [1.54, 1.807) is 42.6 Å². The Balaban J connectivity index is 1.55. The second-order valence-electron chi connectivity index (χ2n) is 6.22. The van der Waals surface area contributed by atoms with Crippen LogP contribution in [0, 0.1) is 0 Å². The molecular weight excluding hydrogens is 356 g/mol. The molecule has 0 bridgehead atoms. The monoisotopic (exact) mass is 377 g/mol. The smallest absolute Gasteiger partial charge is 0.262 e. The first-order valence-electron chi connectivity index (χ1n) is 8.70. The van der Waals surface area contributed by atoms with Gasteiger partial charge in [0.05, 0.1) is 19.2 Å². The molecule has 1 aliphatic rings. The van der Waals surface area contributed by atoms with E-state index in [0.717, 1.165) is 11.3 Å². The Kier molecular flexibility index (Phi) is 5.85. The van der Waals surface area contributed by atoms with Gasteiger partial charge in [-0.05, 0) is 42.8 Å². The third-order valence-corrected chi connectivity index (χ3v) is 4.05. The minimum Gasteiger partial charge on any atom is -0.494 e. The molecule has 2 aromatic rings. The lowest BCUT2D eigenvalue weighted by atomic mass is 10.2. The highest BCUT2D eigenvalue weighted by Crippen LogP contribution is 2.25. The van der Waals surface area contributed by atoms with Crippen molar-refractivity contribution in [3.05, 3.63) is 48.2 Å². The van der Waals surface area contributed by atoms with Gasteiger partial charge in [-0.1, -0.05) is 0 Å². The lowest BCUT2D eigenvalue weighted by molar-refractivity contribution is -0.123. The summed E-state index contributed by atoms with van der Waals surface area (Å²) in [6.07, 6.45) is 1.08. The van der Waals surface area contributed by atoms with E-state index in [1.165, 1.54) is 0 Å². The van der Waals surface area contributed by atoms with Crippen LogP contribution in [0.25, 0.3) is 0 Å². The largest absolute Gasteiger partial charge is 0.494 e. The Bertz CT molecular complexity index is 784. The van der Waals surface area contributed by atoms with Crippen LogP contribution < -0.4 is 20.1 Å². The van der Waals surface area contributed by atoms with Gasteiger partial charge in [-0.25, -0.2) is 13.8 Å². The van der Waals surface area contributed by atoms with Gasteiger partial charge in [-0.3, -0.25) is 10.1 Å². The predicted octanol–water partition coefficient (Wildman–Crippen LogP) is 2.89. The molecule has 0 saturated carbocycles. The van der Waals surface area contributed by atoms with E-state index in [9.17, 15) is 13.6 Å². The molecule has 144 valence electrons. The molecule has 3 rings (SSSR count). The summed E-state index contributed by atoms with van der Waals surface area (Å²) in [4.78, 5) is 16.1. The summed E-state index contributed by atoms with van der Waals surface area (Å²) in [6, 6.07) is 9.68. The van der Waals surface area contributed by atoms with E-state index < -0.39 is 30.8 Å². The fourth-order valence-corrected chi connectivity index (χ4v) is 2.72. The number of nitrogens with zero attached hydrogens (tertiary/aromatic N) is 1. The van der Waals surface area contributed by atoms with Crippen LogP contribution in [0.2, 0.25) is 0 Å². The van der Waals surface area contributed by atoms with Crippen LogP contribution in [-0.4, -0.2) is 36.0 Å². The molecule has 1 aromatic heterocycles. The summed E-state index contributed by atoms with van der Waals surface area (Å²) in [7, 11) is 0. The van der Waals surface area contributed by atoms with Gasteiger partial charge in [0.2, 0.25) is 11.8 Å². The Morgan fingerprint density at radius 2 is 2.04 bits per heavy atom. The highest BCUT2D eigenvalue weighted by Gasteiger charge is 2.42. The molecule has 6 nitrogen and oxygen atoms in total. The van der Waals surface area contributed by atoms with Crippen LogP contribution >= 0.6 is 0 Å². The maximum Gasteiger partial charge on any atom is 0.262 e. The molecule has 0 radical (unpaired) electrons. The van der Waals surface area contributed by atoms with Crippen molar-refractivity contribution in [3.8, 4) is 17.4 Å². The average Bonchev–Trinajstić information content (AvgIpc) is 3.02. The van der Waals surface area contributed by atoms with Crippen LogP contribution in [0.15, 0.2) is 42.6 Å². The first-order valence-corrected chi connectivity index (χ1v) is 8.70. The summed E-state index contributed by atoms with van der Waals surface area (Å²) in [5, 5.41) is 5.19. The first-order chi connectivity index (χ1) is 12.9. The van der Waals surface area contributed by atoms with Crippen LogP contribution in [0.3, 0.4) is 0 Å². The van der Waals surface area contributed by atoms with Gasteiger partial charge in [0.1, 0.15) is 11.5 Å². The maximum absolute atomic E-state index is 13.2. The molecule has 1 fully saturated rings. The Morgan fingerprint density at radius 3 is 2.70 bits per heavy atom. The van der Waals surface area contributed by atoms with E-state index in [0.29, 0.717) is 18.2 Å². The molecule has 0 spiro atoms. The first kappa shape index (κ1) is 19.0. The number of pyridine rings is 1. The van der Waals surface area contributed by atoms with Gasteiger partial charge in [-0.2, -0.15) is 0 Å². The number of rotatable bonds is 7. The molecule has 27 heavy (non-hydrogen) atoms. The Morgan fingerprint density at radius 1 is 1.30 bits per heavy atom. The van der Waals surface area contributed by atoms with Crippen molar-refractivity contribution in [2.24, 2.45) is 0 Å². The number of alkyl halides is 2. The number of aromatic nitrogens is 1. The van der Waals surface area contributed by atoms with E-state index in [-0.39, 0.29) is 6.54 Å². The van der Waals surface area contributed by atoms with Crippen molar-refractivity contribution in [2.45, 2.75) is 31.9 Å². The lowest BCUT2D eigenvalue weighted by Gasteiger charge is -2.12. The zero-order valence-electron chi connectivity index (χ0n) is 14.9. The lowest BCUT2D eigenvalue weighted by Crippen LogP contribution is -2.40. The fraction of sp³-hybridized carbons (Fsp3) is 0.368. The number of amides is 1. The van der Waals surface area contributed by atoms with Crippen molar-refractivity contribution in [1.29, 1.82) is 0 Å². The standard InChI is InChI=1S/C19H21F2N3O3/c1-2-26-14-3-5-15(6-4-14)27-17-9-13(7-8-22-17)11-23-18(25)16-10-19(20,21)12-24-16/h3-9,16,24H,2,10-12H2,1H3,(H,23,25). The van der Waals surface area contributed by atoms with E-state index in [2.05, 4.69) is 15.6 Å². The number of hydrogen-bond acceptors (Lipinski definition) is 5. The van der Waals surface area contributed by atoms with Crippen LogP contribution in [0.1, 0.15) is 18.9 Å². The van der Waals surface area contributed by atoms with Crippen molar-refractivity contribution in [1.82, 2.24) is 15.6 Å². The third-order valence-electron chi connectivity index (χ3n) is 4.05. The van der Waals surface area contributed by atoms with E-state index in [1.807, 2.05) is 6.92 Å². The number of carbonyl (C=O) groups is 1. The summed E-state index contributed by atoms with van der Waals surface area (Å²) in [5.41, 5.74) is 0.754. The van der Waals surface area contributed by atoms with Crippen molar-refractivity contribution in [3.63, 3.8) is 0 Å². The van der Waals surface area contributed by atoms with Gasteiger partial charge < -0.3 is 14.8 Å². The molecule has 0 aliphatic carbocycles. The zero-order chi connectivity index (χ0) is 19.3. The summed E-state index contributed by atoms with van der Waals surface area (Å²) in [5.74, 6) is -1.56. The van der Waals surface area contributed by atoms with Crippen LogP contribution in [-0.2, 0) is 11.3 Å². The molecule has 2 N–H and O–H groups in total. The van der Waals surface area contributed by atoms with Crippen molar-refractivity contribution >= 4 is 5.91 Å². The minimum atomic E-state index is -2.84. The predicted molar refractivity (Wildman–Crippen MR) is 95.1 cm³/mol. The Labute approximate surface area is 155 Å². The molecule has 1 amide bonds. The Hall–Kier alpha value is -2.74.